The van der Waals surface area contributed by atoms with E-state index in [2.05, 4.69) is 5.32 Å². The first-order chi connectivity index (χ1) is 10.3. The van der Waals surface area contributed by atoms with Gasteiger partial charge in [0.2, 0.25) is 5.91 Å². The fourth-order valence-electron chi connectivity index (χ4n) is 3.31. The third-order valence-corrected chi connectivity index (χ3v) is 4.43. The molecule has 3 saturated heterocycles. The Labute approximate surface area is 130 Å². The number of hydrogen-bond donors (Lipinski definition) is 1. The van der Waals surface area contributed by atoms with Crippen molar-refractivity contribution in [2.24, 2.45) is 0 Å². The molecule has 0 aromatic rings. The van der Waals surface area contributed by atoms with Crippen LogP contribution in [0.3, 0.4) is 0 Å². The Morgan fingerprint density at radius 3 is 2.64 bits per heavy atom. The molecule has 0 bridgehead atoms. The monoisotopic (exact) mass is 311 g/mol. The van der Waals surface area contributed by atoms with Gasteiger partial charge in [0, 0.05) is 19.6 Å². The fraction of sp³-hybridized carbons (Fsp3) is 0.867. The molecule has 1 atom stereocenters. The topological polar surface area (TPSA) is 71.1 Å². The lowest BCUT2D eigenvalue weighted by Crippen LogP contribution is -2.52. The summed E-state index contributed by atoms with van der Waals surface area (Å²) in [6.45, 7) is 8.53. The van der Waals surface area contributed by atoms with Gasteiger partial charge < -0.3 is 24.6 Å². The van der Waals surface area contributed by atoms with E-state index >= 15 is 0 Å². The molecule has 2 amide bonds. The summed E-state index contributed by atoms with van der Waals surface area (Å²) in [6, 6.07) is 0. The van der Waals surface area contributed by atoms with Crippen molar-refractivity contribution in [2.75, 3.05) is 32.7 Å². The summed E-state index contributed by atoms with van der Waals surface area (Å²) in [5.74, 6) is 0.0997. The SMILES string of the molecule is CC(C)(C)OC(=O)N1CCC2(CC1)CN1C(=O)CNCC1O2. The van der Waals surface area contributed by atoms with Crippen molar-refractivity contribution in [3.8, 4) is 0 Å². The van der Waals surface area contributed by atoms with E-state index in [0.29, 0.717) is 32.7 Å². The molecular weight excluding hydrogens is 286 g/mol. The normalized spacial score (nSPS) is 28.0. The Hall–Kier alpha value is -1.34. The van der Waals surface area contributed by atoms with E-state index in [1.54, 1.807) is 4.90 Å². The molecule has 0 aliphatic carbocycles. The highest BCUT2D eigenvalue weighted by Gasteiger charge is 2.49. The second-order valence-electron chi connectivity index (χ2n) is 7.38. The third-order valence-electron chi connectivity index (χ3n) is 4.43. The molecule has 0 aromatic heterocycles. The van der Waals surface area contributed by atoms with Crippen LogP contribution in [0, 0.1) is 0 Å². The Morgan fingerprint density at radius 2 is 2.05 bits per heavy atom. The minimum absolute atomic E-state index is 0.0997. The largest absolute Gasteiger partial charge is 0.444 e. The molecular formula is C15H25N3O4. The van der Waals surface area contributed by atoms with E-state index in [-0.39, 0.29) is 23.8 Å². The number of carbonyl (C=O) groups is 2. The van der Waals surface area contributed by atoms with Crippen LogP contribution in [-0.2, 0) is 14.3 Å². The zero-order chi connectivity index (χ0) is 16.0. The van der Waals surface area contributed by atoms with Gasteiger partial charge in [0.15, 0.2) is 0 Å². The average Bonchev–Trinajstić information content (AvgIpc) is 2.77. The number of ether oxygens (including phenoxy) is 2. The first-order valence-electron chi connectivity index (χ1n) is 7.94. The van der Waals surface area contributed by atoms with Crippen LogP contribution in [0.2, 0.25) is 0 Å². The number of amides is 2. The molecule has 3 heterocycles. The predicted molar refractivity (Wildman–Crippen MR) is 79.2 cm³/mol. The minimum atomic E-state index is -0.477. The number of fused-ring (bicyclic) bond motifs is 1. The molecule has 1 N–H and O–H groups in total. The van der Waals surface area contributed by atoms with E-state index in [1.807, 2.05) is 25.7 Å². The Balaban J connectivity index is 1.58. The summed E-state index contributed by atoms with van der Waals surface area (Å²) >= 11 is 0. The maximum atomic E-state index is 12.1. The lowest BCUT2D eigenvalue weighted by molar-refractivity contribution is -0.141. The van der Waals surface area contributed by atoms with E-state index in [4.69, 9.17) is 9.47 Å². The van der Waals surface area contributed by atoms with Gasteiger partial charge in [-0.15, -0.1) is 0 Å². The van der Waals surface area contributed by atoms with Crippen molar-refractivity contribution < 1.29 is 19.1 Å². The highest BCUT2D eigenvalue weighted by atomic mass is 16.6. The first kappa shape index (κ1) is 15.6. The third kappa shape index (κ3) is 3.05. The number of likely N-dealkylation sites (tertiary alicyclic amines) is 1. The van der Waals surface area contributed by atoms with E-state index < -0.39 is 5.60 Å². The number of hydrogen-bond acceptors (Lipinski definition) is 5. The first-order valence-corrected chi connectivity index (χ1v) is 7.94. The van der Waals surface area contributed by atoms with Crippen molar-refractivity contribution in [1.82, 2.24) is 15.1 Å². The Kier molecular flexibility index (Phi) is 3.81. The van der Waals surface area contributed by atoms with Gasteiger partial charge in [-0.2, -0.15) is 0 Å². The van der Waals surface area contributed by atoms with Crippen molar-refractivity contribution >= 4 is 12.0 Å². The van der Waals surface area contributed by atoms with Gasteiger partial charge in [0.05, 0.1) is 18.7 Å². The maximum absolute atomic E-state index is 12.1. The number of rotatable bonds is 0. The smallest absolute Gasteiger partial charge is 0.410 e. The number of piperazine rings is 1. The molecule has 3 rings (SSSR count). The lowest BCUT2D eigenvalue weighted by Gasteiger charge is -2.38. The zero-order valence-electron chi connectivity index (χ0n) is 13.6. The second-order valence-corrected chi connectivity index (χ2v) is 7.38. The summed E-state index contributed by atoms with van der Waals surface area (Å²) in [5.41, 5.74) is -0.778. The molecule has 7 nitrogen and oxygen atoms in total. The van der Waals surface area contributed by atoms with Gasteiger partial charge in [-0.3, -0.25) is 4.79 Å². The molecule has 22 heavy (non-hydrogen) atoms. The molecule has 7 heteroatoms. The van der Waals surface area contributed by atoms with Crippen LogP contribution < -0.4 is 5.32 Å². The van der Waals surface area contributed by atoms with Crippen LogP contribution in [0.5, 0.6) is 0 Å². The van der Waals surface area contributed by atoms with Crippen molar-refractivity contribution in [3.63, 3.8) is 0 Å². The molecule has 3 aliphatic heterocycles. The predicted octanol–water partition coefficient (Wildman–Crippen LogP) is 0.544. The van der Waals surface area contributed by atoms with E-state index in [1.165, 1.54) is 0 Å². The molecule has 3 fully saturated rings. The lowest BCUT2D eigenvalue weighted by atomic mass is 9.91. The van der Waals surface area contributed by atoms with Gasteiger partial charge in [-0.25, -0.2) is 4.79 Å². The fourth-order valence-corrected chi connectivity index (χ4v) is 3.31. The summed E-state index contributed by atoms with van der Waals surface area (Å²) in [5, 5.41) is 3.08. The average molecular weight is 311 g/mol. The van der Waals surface area contributed by atoms with Gasteiger partial charge in [0.1, 0.15) is 11.8 Å². The number of carbonyl (C=O) groups excluding carboxylic acids is 2. The highest BCUT2D eigenvalue weighted by molar-refractivity contribution is 5.79. The molecule has 1 spiro atoms. The maximum Gasteiger partial charge on any atom is 0.410 e. The summed E-state index contributed by atoms with van der Waals surface area (Å²) < 4.78 is 11.6. The highest BCUT2D eigenvalue weighted by Crippen LogP contribution is 2.36. The van der Waals surface area contributed by atoms with Crippen molar-refractivity contribution in [1.29, 1.82) is 0 Å². The number of nitrogens with zero attached hydrogens (tertiary/aromatic N) is 2. The van der Waals surface area contributed by atoms with Gasteiger partial charge in [-0.1, -0.05) is 0 Å². The van der Waals surface area contributed by atoms with Crippen LogP contribution in [0.15, 0.2) is 0 Å². The molecule has 0 radical (unpaired) electrons. The van der Waals surface area contributed by atoms with Gasteiger partial charge >= 0.3 is 6.09 Å². The molecule has 124 valence electrons. The molecule has 1 unspecified atom stereocenters. The quantitative estimate of drug-likeness (QED) is 0.707. The zero-order valence-corrected chi connectivity index (χ0v) is 13.6. The van der Waals surface area contributed by atoms with E-state index in [9.17, 15) is 9.59 Å². The van der Waals surface area contributed by atoms with E-state index in [0.717, 1.165) is 12.8 Å². The van der Waals surface area contributed by atoms with Crippen LogP contribution in [0.25, 0.3) is 0 Å². The van der Waals surface area contributed by atoms with Crippen molar-refractivity contribution in [3.05, 3.63) is 0 Å². The standard InChI is InChI=1S/C15H25N3O4/c1-14(2,3)22-13(20)17-6-4-15(5-7-17)10-18-11(19)8-16-9-12(18)21-15/h12,16H,4-10H2,1-3H3. The molecule has 0 saturated carbocycles. The molecule has 3 aliphatic rings. The van der Waals surface area contributed by atoms with Gasteiger partial charge in [0.25, 0.3) is 0 Å². The number of piperidine rings is 1. The van der Waals surface area contributed by atoms with Crippen molar-refractivity contribution in [2.45, 2.75) is 51.0 Å². The minimum Gasteiger partial charge on any atom is -0.444 e. The Bertz CT molecular complexity index is 466. The summed E-state index contributed by atoms with van der Waals surface area (Å²) in [7, 11) is 0. The summed E-state index contributed by atoms with van der Waals surface area (Å²) in [4.78, 5) is 27.6. The van der Waals surface area contributed by atoms with Crippen LogP contribution in [0.1, 0.15) is 33.6 Å². The van der Waals surface area contributed by atoms with Crippen LogP contribution in [0.4, 0.5) is 4.79 Å². The van der Waals surface area contributed by atoms with Crippen LogP contribution in [-0.4, -0.2) is 72.0 Å². The molecule has 0 aromatic carbocycles. The Morgan fingerprint density at radius 1 is 1.36 bits per heavy atom. The summed E-state index contributed by atoms with van der Waals surface area (Å²) in [6.07, 6.45) is 1.06. The number of nitrogens with one attached hydrogen (secondary N) is 1. The van der Waals surface area contributed by atoms with Gasteiger partial charge in [-0.05, 0) is 33.6 Å². The second kappa shape index (κ2) is 5.38. The van der Waals surface area contributed by atoms with Crippen LogP contribution >= 0.6 is 0 Å².